The zero-order valence-corrected chi connectivity index (χ0v) is 8.12. The van der Waals surface area contributed by atoms with E-state index in [-0.39, 0.29) is 11.8 Å². The molecular formula is C8H17NOS. The molecule has 2 nitrogen and oxygen atoms in total. The highest BCUT2D eigenvalue weighted by atomic mass is 32.2. The predicted octanol–water partition coefficient (Wildman–Crippen LogP) is 1.64. The Labute approximate surface area is 72.9 Å². The monoisotopic (exact) mass is 175 g/mol. The van der Waals surface area contributed by atoms with Crippen LogP contribution in [0.2, 0.25) is 0 Å². The van der Waals surface area contributed by atoms with E-state index in [0.29, 0.717) is 0 Å². The lowest BCUT2D eigenvalue weighted by Crippen LogP contribution is -2.24. The Kier molecular flexibility index (Phi) is 6.42. The van der Waals surface area contributed by atoms with Crippen molar-refractivity contribution in [3.05, 3.63) is 0 Å². The van der Waals surface area contributed by atoms with E-state index in [4.69, 9.17) is 5.73 Å². The second kappa shape index (κ2) is 6.53. The zero-order chi connectivity index (χ0) is 8.69. The summed E-state index contributed by atoms with van der Waals surface area (Å²) in [4.78, 5) is 10.7. The van der Waals surface area contributed by atoms with E-state index in [0.717, 1.165) is 17.9 Å². The lowest BCUT2D eigenvalue weighted by atomic mass is 10.1. The first-order valence-corrected chi connectivity index (χ1v) is 5.24. The fourth-order valence-corrected chi connectivity index (χ4v) is 1.91. The maximum Gasteiger partial charge on any atom is 0.221 e. The topological polar surface area (TPSA) is 43.1 Å². The first-order valence-electron chi connectivity index (χ1n) is 4.09. The number of carbonyl (C=O) groups is 1. The van der Waals surface area contributed by atoms with Crippen LogP contribution in [0, 0.1) is 5.92 Å². The molecule has 0 saturated heterocycles. The standard InChI is InChI=1S/C8H17NOS/c1-3-5-11-6-7(4-2)8(9)10/h7H,3-6H2,1-2H3,(H2,9,10)/t7-/m1/s1. The molecule has 11 heavy (non-hydrogen) atoms. The number of rotatable bonds is 6. The van der Waals surface area contributed by atoms with Crippen molar-refractivity contribution >= 4 is 17.7 Å². The molecule has 0 unspecified atom stereocenters. The molecule has 0 spiro atoms. The summed E-state index contributed by atoms with van der Waals surface area (Å²) in [5, 5.41) is 0. The Balaban J connectivity index is 3.44. The van der Waals surface area contributed by atoms with Crippen LogP contribution in [0.25, 0.3) is 0 Å². The normalized spacial score (nSPS) is 12.9. The molecule has 3 heteroatoms. The first-order chi connectivity index (χ1) is 5.22. The molecule has 1 amide bonds. The van der Waals surface area contributed by atoms with Crippen molar-refractivity contribution in [1.29, 1.82) is 0 Å². The van der Waals surface area contributed by atoms with Gasteiger partial charge in [0.25, 0.3) is 0 Å². The number of hydrogen-bond acceptors (Lipinski definition) is 2. The van der Waals surface area contributed by atoms with Gasteiger partial charge in [-0.2, -0.15) is 11.8 Å². The number of hydrogen-bond donors (Lipinski definition) is 1. The van der Waals surface area contributed by atoms with Crippen LogP contribution in [0.15, 0.2) is 0 Å². The van der Waals surface area contributed by atoms with Crippen molar-refractivity contribution in [2.75, 3.05) is 11.5 Å². The van der Waals surface area contributed by atoms with Crippen molar-refractivity contribution < 1.29 is 4.79 Å². The van der Waals surface area contributed by atoms with Gasteiger partial charge in [-0.3, -0.25) is 4.79 Å². The van der Waals surface area contributed by atoms with Gasteiger partial charge in [0.2, 0.25) is 5.91 Å². The number of amides is 1. The molecule has 0 radical (unpaired) electrons. The quantitative estimate of drug-likeness (QED) is 0.624. The van der Waals surface area contributed by atoms with Gasteiger partial charge in [-0.15, -0.1) is 0 Å². The van der Waals surface area contributed by atoms with E-state index in [1.165, 1.54) is 6.42 Å². The van der Waals surface area contributed by atoms with Crippen LogP contribution in [0.5, 0.6) is 0 Å². The van der Waals surface area contributed by atoms with E-state index in [2.05, 4.69) is 6.92 Å². The van der Waals surface area contributed by atoms with E-state index < -0.39 is 0 Å². The fourth-order valence-electron chi connectivity index (χ4n) is 0.771. The molecule has 0 aliphatic carbocycles. The van der Waals surface area contributed by atoms with Crippen molar-refractivity contribution in [3.63, 3.8) is 0 Å². The molecule has 0 aliphatic heterocycles. The van der Waals surface area contributed by atoms with Gasteiger partial charge in [0, 0.05) is 11.7 Å². The fraction of sp³-hybridized carbons (Fsp3) is 0.875. The molecule has 1 atom stereocenters. The molecular weight excluding hydrogens is 158 g/mol. The summed E-state index contributed by atoms with van der Waals surface area (Å²) >= 11 is 1.81. The van der Waals surface area contributed by atoms with Gasteiger partial charge in [-0.1, -0.05) is 13.8 Å². The molecule has 0 saturated carbocycles. The molecule has 0 fully saturated rings. The molecule has 2 N–H and O–H groups in total. The van der Waals surface area contributed by atoms with Crippen LogP contribution in [-0.2, 0) is 4.79 Å². The largest absolute Gasteiger partial charge is 0.369 e. The smallest absolute Gasteiger partial charge is 0.221 e. The number of primary amides is 1. The van der Waals surface area contributed by atoms with Crippen LogP contribution in [0.1, 0.15) is 26.7 Å². The Hall–Kier alpha value is -0.180. The summed E-state index contributed by atoms with van der Waals surface area (Å²) in [7, 11) is 0. The van der Waals surface area contributed by atoms with Crippen molar-refractivity contribution in [3.8, 4) is 0 Å². The lowest BCUT2D eigenvalue weighted by Gasteiger charge is -2.08. The van der Waals surface area contributed by atoms with Gasteiger partial charge in [-0.05, 0) is 18.6 Å². The molecule has 0 aliphatic rings. The van der Waals surface area contributed by atoms with Crippen LogP contribution in [0.3, 0.4) is 0 Å². The van der Waals surface area contributed by atoms with E-state index in [1.807, 2.05) is 18.7 Å². The maximum atomic E-state index is 10.7. The summed E-state index contributed by atoms with van der Waals surface area (Å²) in [5.74, 6) is 1.94. The Morgan fingerprint density at radius 1 is 1.55 bits per heavy atom. The highest BCUT2D eigenvalue weighted by molar-refractivity contribution is 7.99. The third-order valence-corrected chi connectivity index (χ3v) is 2.90. The Morgan fingerprint density at radius 3 is 2.55 bits per heavy atom. The van der Waals surface area contributed by atoms with Crippen LogP contribution in [-0.4, -0.2) is 17.4 Å². The SMILES string of the molecule is CCCSC[C@@H](CC)C(N)=O. The molecule has 0 aromatic carbocycles. The predicted molar refractivity (Wildman–Crippen MR) is 50.6 cm³/mol. The zero-order valence-electron chi connectivity index (χ0n) is 7.30. The molecule has 0 rings (SSSR count). The maximum absolute atomic E-state index is 10.7. The summed E-state index contributed by atoms with van der Waals surface area (Å²) in [6.45, 7) is 4.14. The van der Waals surface area contributed by atoms with Crippen molar-refractivity contribution in [2.45, 2.75) is 26.7 Å². The lowest BCUT2D eigenvalue weighted by molar-refractivity contribution is -0.121. The molecule has 0 bridgehead atoms. The molecule has 66 valence electrons. The first kappa shape index (κ1) is 10.8. The van der Waals surface area contributed by atoms with E-state index in [9.17, 15) is 4.79 Å². The second-order valence-electron chi connectivity index (χ2n) is 2.58. The summed E-state index contributed by atoms with van der Waals surface area (Å²) in [5.41, 5.74) is 5.18. The average molecular weight is 175 g/mol. The number of nitrogens with two attached hydrogens (primary N) is 1. The van der Waals surface area contributed by atoms with E-state index in [1.54, 1.807) is 0 Å². The van der Waals surface area contributed by atoms with Crippen LogP contribution in [0.4, 0.5) is 0 Å². The minimum atomic E-state index is -0.156. The van der Waals surface area contributed by atoms with Crippen LogP contribution < -0.4 is 5.73 Å². The van der Waals surface area contributed by atoms with Gasteiger partial charge in [0.15, 0.2) is 0 Å². The van der Waals surface area contributed by atoms with Crippen molar-refractivity contribution in [2.24, 2.45) is 11.7 Å². The van der Waals surface area contributed by atoms with Gasteiger partial charge in [-0.25, -0.2) is 0 Å². The highest BCUT2D eigenvalue weighted by Gasteiger charge is 2.11. The molecule has 0 heterocycles. The third-order valence-electron chi connectivity index (χ3n) is 1.56. The van der Waals surface area contributed by atoms with Gasteiger partial charge >= 0.3 is 0 Å². The number of carbonyl (C=O) groups excluding carboxylic acids is 1. The number of thioether (sulfide) groups is 1. The molecule has 0 aromatic rings. The third kappa shape index (κ3) is 5.13. The Morgan fingerprint density at radius 2 is 2.18 bits per heavy atom. The van der Waals surface area contributed by atoms with Crippen LogP contribution >= 0.6 is 11.8 Å². The van der Waals surface area contributed by atoms with Gasteiger partial charge in [0.1, 0.15) is 0 Å². The Bertz CT molecular complexity index is 117. The van der Waals surface area contributed by atoms with Gasteiger partial charge < -0.3 is 5.73 Å². The summed E-state index contributed by atoms with van der Waals surface area (Å²) in [6.07, 6.45) is 2.03. The second-order valence-corrected chi connectivity index (χ2v) is 3.73. The average Bonchev–Trinajstić information content (AvgIpc) is 1.97. The summed E-state index contributed by atoms with van der Waals surface area (Å²) in [6, 6.07) is 0. The van der Waals surface area contributed by atoms with Gasteiger partial charge in [0.05, 0.1) is 0 Å². The highest BCUT2D eigenvalue weighted by Crippen LogP contribution is 2.12. The van der Waals surface area contributed by atoms with E-state index >= 15 is 0 Å². The molecule has 0 aromatic heterocycles. The minimum absolute atomic E-state index is 0.0755. The van der Waals surface area contributed by atoms with Crippen molar-refractivity contribution in [1.82, 2.24) is 0 Å². The minimum Gasteiger partial charge on any atom is -0.369 e. The summed E-state index contributed by atoms with van der Waals surface area (Å²) < 4.78 is 0.